The summed E-state index contributed by atoms with van der Waals surface area (Å²) in [4.78, 5) is 15.8. The number of aromatic nitrogens is 1. The molecule has 1 aromatic heterocycles. The SMILES string of the molecule is C=C(C)[C@@H](C)NC(=O)c1cc(C)nc(Cl)c1. The number of rotatable bonds is 3. The number of nitrogens with one attached hydrogen (secondary N) is 1. The number of amides is 1. The summed E-state index contributed by atoms with van der Waals surface area (Å²) in [5.74, 6) is -0.164. The van der Waals surface area contributed by atoms with E-state index in [1.54, 1.807) is 19.1 Å². The predicted molar refractivity (Wildman–Crippen MR) is 65.7 cm³/mol. The zero-order valence-corrected chi connectivity index (χ0v) is 10.4. The Bertz CT molecular complexity index is 409. The second-order valence-electron chi connectivity index (χ2n) is 3.86. The van der Waals surface area contributed by atoms with Gasteiger partial charge in [0, 0.05) is 17.3 Å². The van der Waals surface area contributed by atoms with Crippen molar-refractivity contribution in [3.63, 3.8) is 0 Å². The Kier molecular flexibility index (Phi) is 4.07. The van der Waals surface area contributed by atoms with E-state index in [1.807, 2.05) is 13.8 Å². The van der Waals surface area contributed by atoms with Gasteiger partial charge in [0.2, 0.25) is 0 Å². The molecule has 3 nitrogen and oxygen atoms in total. The van der Waals surface area contributed by atoms with Crippen LogP contribution in [0.5, 0.6) is 0 Å². The van der Waals surface area contributed by atoms with Gasteiger partial charge in [-0.2, -0.15) is 0 Å². The first-order valence-corrected chi connectivity index (χ1v) is 5.38. The van der Waals surface area contributed by atoms with Crippen LogP contribution < -0.4 is 5.32 Å². The molecular formula is C12H15ClN2O. The first kappa shape index (κ1) is 12.7. The van der Waals surface area contributed by atoms with Crippen molar-refractivity contribution in [1.82, 2.24) is 10.3 Å². The number of halogens is 1. The Labute approximate surface area is 101 Å². The van der Waals surface area contributed by atoms with Gasteiger partial charge in [-0.25, -0.2) is 4.98 Å². The number of pyridine rings is 1. The fraction of sp³-hybridized carbons (Fsp3) is 0.333. The van der Waals surface area contributed by atoms with Gasteiger partial charge in [-0.05, 0) is 32.9 Å². The van der Waals surface area contributed by atoms with E-state index in [2.05, 4.69) is 16.9 Å². The quantitative estimate of drug-likeness (QED) is 0.650. The third-order valence-corrected chi connectivity index (χ3v) is 2.46. The molecule has 1 N–H and O–H groups in total. The van der Waals surface area contributed by atoms with Crippen LogP contribution in [0.15, 0.2) is 24.3 Å². The smallest absolute Gasteiger partial charge is 0.251 e. The molecule has 4 heteroatoms. The molecule has 86 valence electrons. The number of hydrogen-bond donors (Lipinski definition) is 1. The monoisotopic (exact) mass is 238 g/mol. The number of carbonyl (C=O) groups is 1. The van der Waals surface area contributed by atoms with Gasteiger partial charge in [0.15, 0.2) is 0 Å². The van der Waals surface area contributed by atoms with Gasteiger partial charge < -0.3 is 5.32 Å². The first-order chi connectivity index (χ1) is 7.40. The molecule has 0 bridgehead atoms. The molecule has 0 saturated carbocycles. The van der Waals surface area contributed by atoms with Crippen molar-refractivity contribution in [1.29, 1.82) is 0 Å². The topological polar surface area (TPSA) is 42.0 Å². The lowest BCUT2D eigenvalue weighted by Crippen LogP contribution is -2.33. The molecule has 1 amide bonds. The zero-order chi connectivity index (χ0) is 12.3. The highest BCUT2D eigenvalue weighted by molar-refractivity contribution is 6.29. The van der Waals surface area contributed by atoms with Gasteiger partial charge in [-0.1, -0.05) is 23.8 Å². The molecule has 1 atom stereocenters. The van der Waals surface area contributed by atoms with E-state index in [1.165, 1.54) is 0 Å². The Morgan fingerprint density at radius 3 is 2.69 bits per heavy atom. The fourth-order valence-electron chi connectivity index (χ4n) is 1.16. The summed E-state index contributed by atoms with van der Waals surface area (Å²) >= 11 is 5.78. The van der Waals surface area contributed by atoms with Crippen molar-refractivity contribution < 1.29 is 4.79 Å². The van der Waals surface area contributed by atoms with E-state index in [-0.39, 0.29) is 11.9 Å². The Morgan fingerprint density at radius 1 is 1.56 bits per heavy atom. The van der Waals surface area contributed by atoms with E-state index in [9.17, 15) is 4.79 Å². The second-order valence-corrected chi connectivity index (χ2v) is 4.25. The highest BCUT2D eigenvalue weighted by Crippen LogP contribution is 2.11. The van der Waals surface area contributed by atoms with E-state index < -0.39 is 0 Å². The molecule has 1 heterocycles. The summed E-state index contributed by atoms with van der Waals surface area (Å²) in [5, 5.41) is 3.15. The summed E-state index contributed by atoms with van der Waals surface area (Å²) in [6.07, 6.45) is 0. The van der Waals surface area contributed by atoms with E-state index in [0.29, 0.717) is 10.7 Å². The lowest BCUT2D eigenvalue weighted by molar-refractivity contribution is 0.0945. The van der Waals surface area contributed by atoms with Crippen LogP contribution >= 0.6 is 11.6 Å². The van der Waals surface area contributed by atoms with E-state index in [0.717, 1.165) is 11.3 Å². The molecule has 0 saturated heterocycles. The maximum atomic E-state index is 11.8. The van der Waals surface area contributed by atoms with Crippen molar-refractivity contribution in [2.24, 2.45) is 0 Å². The van der Waals surface area contributed by atoms with Gasteiger partial charge in [0.1, 0.15) is 5.15 Å². The van der Waals surface area contributed by atoms with Crippen molar-refractivity contribution in [3.8, 4) is 0 Å². The summed E-state index contributed by atoms with van der Waals surface area (Å²) in [5.41, 5.74) is 2.15. The molecule has 0 fully saturated rings. The first-order valence-electron chi connectivity index (χ1n) is 5.00. The Balaban J connectivity index is 2.84. The van der Waals surface area contributed by atoms with Crippen LogP contribution in [0.25, 0.3) is 0 Å². The van der Waals surface area contributed by atoms with Crippen molar-refractivity contribution in [2.45, 2.75) is 26.8 Å². The molecule has 0 spiro atoms. The molecule has 1 aromatic rings. The molecule has 0 aromatic carbocycles. The van der Waals surface area contributed by atoms with Crippen LogP contribution in [0, 0.1) is 6.92 Å². The summed E-state index contributed by atoms with van der Waals surface area (Å²) < 4.78 is 0. The minimum Gasteiger partial charge on any atom is -0.346 e. The molecule has 1 rings (SSSR count). The largest absolute Gasteiger partial charge is 0.346 e. The van der Waals surface area contributed by atoms with Crippen molar-refractivity contribution >= 4 is 17.5 Å². The minimum atomic E-state index is -0.164. The number of carbonyl (C=O) groups excluding carboxylic acids is 1. The molecule has 0 radical (unpaired) electrons. The summed E-state index contributed by atoms with van der Waals surface area (Å²) in [7, 11) is 0. The van der Waals surface area contributed by atoms with Crippen LogP contribution in [0.4, 0.5) is 0 Å². The van der Waals surface area contributed by atoms with Gasteiger partial charge in [0.05, 0.1) is 0 Å². The van der Waals surface area contributed by atoms with Crippen LogP contribution in [0.2, 0.25) is 5.15 Å². The number of hydrogen-bond acceptors (Lipinski definition) is 2. The van der Waals surface area contributed by atoms with Crippen molar-refractivity contribution in [3.05, 3.63) is 40.7 Å². The van der Waals surface area contributed by atoms with Gasteiger partial charge >= 0.3 is 0 Å². The lowest BCUT2D eigenvalue weighted by Gasteiger charge is -2.13. The van der Waals surface area contributed by atoms with Gasteiger partial charge in [0.25, 0.3) is 5.91 Å². The third kappa shape index (κ3) is 3.35. The Hall–Kier alpha value is -1.35. The third-order valence-electron chi connectivity index (χ3n) is 2.27. The molecule has 0 aliphatic carbocycles. The maximum Gasteiger partial charge on any atom is 0.251 e. The lowest BCUT2D eigenvalue weighted by atomic mass is 10.1. The van der Waals surface area contributed by atoms with Crippen LogP contribution in [0.1, 0.15) is 29.9 Å². The number of nitrogens with zero attached hydrogens (tertiary/aromatic N) is 1. The predicted octanol–water partition coefficient (Wildman–Crippen LogP) is 2.74. The number of aryl methyl sites for hydroxylation is 1. The molecule has 0 aliphatic rings. The average molecular weight is 239 g/mol. The zero-order valence-electron chi connectivity index (χ0n) is 9.67. The molecule has 16 heavy (non-hydrogen) atoms. The van der Waals surface area contributed by atoms with Crippen LogP contribution in [0.3, 0.4) is 0 Å². The fourth-order valence-corrected chi connectivity index (χ4v) is 1.41. The molecule has 0 unspecified atom stereocenters. The highest BCUT2D eigenvalue weighted by atomic mass is 35.5. The summed E-state index contributed by atoms with van der Waals surface area (Å²) in [6, 6.07) is 3.20. The highest BCUT2D eigenvalue weighted by Gasteiger charge is 2.11. The van der Waals surface area contributed by atoms with Crippen molar-refractivity contribution in [2.75, 3.05) is 0 Å². The van der Waals surface area contributed by atoms with Gasteiger partial charge in [-0.15, -0.1) is 0 Å². The molecule has 0 aliphatic heterocycles. The average Bonchev–Trinajstić information content (AvgIpc) is 2.15. The van der Waals surface area contributed by atoms with Crippen LogP contribution in [-0.2, 0) is 0 Å². The van der Waals surface area contributed by atoms with Gasteiger partial charge in [-0.3, -0.25) is 4.79 Å². The maximum absolute atomic E-state index is 11.8. The molecular weight excluding hydrogens is 224 g/mol. The van der Waals surface area contributed by atoms with E-state index in [4.69, 9.17) is 11.6 Å². The van der Waals surface area contributed by atoms with Crippen LogP contribution in [-0.4, -0.2) is 16.9 Å². The second kappa shape index (κ2) is 5.12. The standard InChI is InChI=1S/C12H15ClN2O/c1-7(2)9(4)15-12(16)10-5-8(3)14-11(13)6-10/h5-6,9H,1H2,2-4H3,(H,15,16)/t9-/m1/s1. The summed E-state index contributed by atoms with van der Waals surface area (Å²) in [6.45, 7) is 9.34. The minimum absolute atomic E-state index is 0.0558. The Morgan fingerprint density at radius 2 is 2.19 bits per heavy atom. The normalized spacial score (nSPS) is 12.0. The van der Waals surface area contributed by atoms with E-state index >= 15 is 0 Å².